The number of hydrogen-bond donors (Lipinski definition) is 0. The van der Waals surface area contributed by atoms with E-state index in [1.54, 1.807) is 18.2 Å². The van der Waals surface area contributed by atoms with Crippen LogP contribution in [0, 0.1) is 6.92 Å². The van der Waals surface area contributed by atoms with Crippen LogP contribution in [0.25, 0.3) is 11.0 Å². The lowest BCUT2D eigenvalue weighted by Gasteiger charge is -2.35. The molecule has 0 spiro atoms. The summed E-state index contributed by atoms with van der Waals surface area (Å²) in [5.41, 5.74) is 0.753. The molecular formula is C21H25NO6. The number of benzene rings is 1. The Kier molecular flexibility index (Phi) is 6.34. The summed E-state index contributed by atoms with van der Waals surface area (Å²) in [7, 11) is 0. The van der Waals surface area contributed by atoms with E-state index < -0.39 is 11.6 Å². The molecule has 1 saturated heterocycles. The summed E-state index contributed by atoms with van der Waals surface area (Å²) in [6, 6.07) is 6.66. The zero-order valence-electron chi connectivity index (χ0n) is 16.2. The van der Waals surface area contributed by atoms with Gasteiger partial charge >= 0.3 is 11.6 Å². The Bertz CT molecular complexity index is 919. The van der Waals surface area contributed by atoms with E-state index in [1.807, 2.05) is 11.8 Å². The molecule has 0 aliphatic carbocycles. The van der Waals surface area contributed by atoms with E-state index >= 15 is 0 Å². The number of ether oxygens (including phenoxy) is 2. The molecule has 7 heteroatoms. The average Bonchev–Trinajstić information content (AvgIpc) is 2.69. The predicted octanol–water partition coefficient (Wildman–Crippen LogP) is 2.81. The first-order valence-electron chi connectivity index (χ1n) is 9.60. The van der Waals surface area contributed by atoms with Crippen molar-refractivity contribution in [2.45, 2.75) is 45.6 Å². The van der Waals surface area contributed by atoms with E-state index in [0.717, 1.165) is 36.6 Å². The van der Waals surface area contributed by atoms with Crippen molar-refractivity contribution >= 4 is 22.8 Å². The molecule has 0 N–H and O–H groups in total. The molecular weight excluding hydrogens is 362 g/mol. The summed E-state index contributed by atoms with van der Waals surface area (Å²) in [6.45, 7) is 3.99. The van der Waals surface area contributed by atoms with E-state index in [-0.39, 0.29) is 25.2 Å². The molecule has 0 radical (unpaired) electrons. The Labute approximate surface area is 163 Å². The molecule has 1 aliphatic heterocycles. The fourth-order valence-electron chi connectivity index (χ4n) is 3.56. The van der Waals surface area contributed by atoms with Crippen molar-refractivity contribution < 1.29 is 23.5 Å². The van der Waals surface area contributed by atoms with Crippen molar-refractivity contribution in [3.63, 3.8) is 0 Å². The maximum atomic E-state index is 12.3. The summed E-state index contributed by atoms with van der Waals surface area (Å²) in [4.78, 5) is 37.6. The molecule has 1 atom stereocenters. The Morgan fingerprint density at radius 1 is 1.21 bits per heavy atom. The van der Waals surface area contributed by atoms with Gasteiger partial charge < -0.3 is 18.8 Å². The molecule has 0 saturated carbocycles. The standard InChI is InChI=1S/C21H25NO6/c1-3-15-6-4-5-9-22(15)19(23)12-27-21(25)13-26-16-7-8-17-14(2)10-20(24)28-18(17)11-16/h7-8,10-11,15H,3-6,9,12-13H2,1-2H3. The summed E-state index contributed by atoms with van der Waals surface area (Å²) in [6.07, 6.45) is 4.01. The number of likely N-dealkylation sites (tertiary alicyclic amines) is 1. The lowest BCUT2D eigenvalue weighted by Crippen LogP contribution is -2.45. The van der Waals surface area contributed by atoms with Gasteiger partial charge in [-0.25, -0.2) is 9.59 Å². The van der Waals surface area contributed by atoms with Crippen LogP contribution in [0.1, 0.15) is 38.2 Å². The van der Waals surface area contributed by atoms with E-state index in [0.29, 0.717) is 17.9 Å². The van der Waals surface area contributed by atoms with Gasteiger partial charge in [0.05, 0.1) is 0 Å². The highest BCUT2D eigenvalue weighted by Gasteiger charge is 2.25. The molecule has 1 aromatic carbocycles. The molecule has 1 unspecified atom stereocenters. The first-order valence-corrected chi connectivity index (χ1v) is 9.60. The second kappa shape index (κ2) is 8.91. The fourth-order valence-corrected chi connectivity index (χ4v) is 3.56. The van der Waals surface area contributed by atoms with Crippen molar-refractivity contribution in [3.8, 4) is 5.75 Å². The van der Waals surface area contributed by atoms with Gasteiger partial charge in [0.1, 0.15) is 11.3 Å². The quantitative estimate of drug-likeness (QED) is 0.560. The average molecular weight is 387 g/mol. The SMILES string of the molecule is CCC1CCCCN1C(=O)COC(=O)COc1ccc2c(C)cc(=O)oc2c1. The topological polar surface area (TPSA) is 86.0 Å². The van der Waals surface area contributed by atoms with Gasteiger partial charge in [0, 0.05) is 30.1 Å². The van der Waals surface area contributed by atoms with E-state index in [4.69, 9.17) is 13.9 Å². The third kappa shape index (κ3) is 4.71. The largest absolute Gasteiger partial charge is 0.482 e. The Morgan fingerprint density at radius 3 is 2.82 bits per heavy atom. The number of hydrogen-bond acceptors (Lipinski definition) is 6. The molecule has 28 heavy (non-hydrogen) atoms. The summed E-state index contributed by atoms with van der Waals surface area (Å²) in [5.74, 6) is -0.404. The molecule has 3 rings (SSSR count). The minimum atomic E-state index is -0.621. The number of carbonyl (C=O) groups excluding carboxylic acids is 2. The number of fused-ring (bicyclic) bond motifs is 1. The molecule has 150 valence electrons. The normalized spacial score (nSPS) is 16.8. The van der Waals surface area contributed by atoms with Crippen LogP contribution in [0.3, 0.4) is 0 Å². The maximum Gasteiger partial charge on any atom is 0.344 e. The molecule has 1 fully saturated rings. The number of aryl methyl sites for hydroxylation is 1. The second-order valence-corrected chi connectivity index (χ2v) is 7.00. The molecule has 2 aromatic rings. The minimum absolute atomic E-state index is 0.164. The van der Waals surface area contributed by atoms with Crippen molar-refractivity contribution in [1.29, 1.82) is 0 Å². The third-order valence-corrected chi connectivity index (χ3v) is 5.05. The van der Waals surface area contributed by atoms with Crippen LogP contribution in [0.5, 0.6) is 5.75 Å². The van der Waals surface area contributed by atoms with Gasteiger partial charge in [-0.05, 0) is 50.3 Å². The van der Waals surface area contributed by atoms with E-state index in [1.165, 1.54) is 6.07 Å². The van der Waals surface area contributed by atoms with Gasteiger partial charge in [0.25, 0.3) is 5.91 Å². The first kappa shape index (κ1) is 19.9. The van der Waals surface area contributed by atoms with Crippen LogP contribution >= 0.6 is 0 Å². The molecule has 7 nitrogen and oxygen atoms in total. The Morgan fingerprint density at radius 2 is 2.04 bits per heavy atom. The molecule has 2 heterocycles. The van der Waals surface area contributed by atoms with Crippen LogP contribution in [-0.4, -0.2) is 42.6 Å². The van der Waals surface area contributed by atoms with Gasteiger partial charge in [-0.15, -0.1) is 0 Å². The maximum absolute atomic E-state index is 12.3. The number of nitrogens with zero attached hydrogens (tertiary/aromatic N) is 1. The summed E-state index contributed by atoms with van der Waals surface area (Å²) < 4.78 is 15.6. The highest BCUT2D eigenvalue weighted by atomic mass is 16.6. The fraction of sp³-hybridized carbons (Fsp3) is 0.476. The number of amides is 1. The molecule has 1 aliphatic rings. The zero-order valence-corrected chi connectivity index (χ0v) is 16.2. The molecule has 1 aromatic heterocycles. The van der Waals surface area contributed by atoms with Crippen LogP contribution in [0.2, 0.25) is 0 Å². The van der Waals surface area contributed by atoms with Gasteiger partial charge in [-0.1, -0.05) is 6.92 Å². The zero-order chi connectivity index (χ0) is 20.1. The van der Waals surface area contributed by atoms with Crippen LogP contribution in [0.15, 0.2) is 33.5 Å². The molecule has 1 amide bonds. The third-order valence-electron chi connectivity index (χ3n) is 5.05. The number of esters is 1. The van der Waals surface area contributed by atoms with Crippen LogP contribution in [0.4, 0.5) is 0 Å². The Hall–Kier alpha value is -2.83. The highest BCUT2D eigenvalue weighted by molar-refractivity contribution is 5.82. The van der Waals surface area contributed by atoms with Gasteiger partial charge in [-0.3, -0.25) is 4.79 Å². The summed E-state index contributed by atoms with van der Waals surface area (Å²) in [5, 5.41) is 0.798. The number of piperidine rings is 1. The first-order chi connectivity index (χ1) is 13.5. The van der Waals surface area contributed by atoms with Crippen molar-refractivity contribution in [2.24, 2.45) is 0 Å². The lowest BCUT2D eigenvalue weighted by molar-refractivity contribution is -0.155. The predicted molar refractivity (Wildman–Crippen MR) is 103 cm³/mol. The monoisotopic (exact) mass is 387 g/mol. The van der Waals surface area contributed by atoms with Gasteiger partial charge in [0.15, 0.2) is 13.2 Å². The van der Waals surface area contributed by atoms with Crippen molar-refractivity contribution in [2.75, 3.05) is 19.8 Å². The van der Waals surface area contributed by atoms with Gasteiger partial charge in [-0.2, -0.15) is 0 Å². The van der Waals surface area contributed by atoms with Crippen LogP contribution < -0.4 is 10.4 Å². The molecule has 0 bridgehead atoms. The Balaban J connectivity index is 1.52. The number of carbonyl (C=O) groups is 2. The highest BCUT2D eigenvalue weighted by Crippen LogP contribution is 2.22. The summed E-state index contributed by atoms with van der Waals surface area (Å²) >= 11 is 0. The minimum Gasteiger partial charge on any atom is -0.482 e. The van der Waals surface area contributed by atoms with Crippen molar-refractivity contribution in [3.05, 3.63) is 40.2 Å². The number of rotatable bonds is 6. The van der Waals surface area contributed by atoms with Gasteiger partial charge in [0.2, 0.25) is 0 Å². The van der Waals surface area contributed by atoms with Crippen LogP contribution in [-0.2, 0) is 14.3 Å². The second-order valence-electron chi connectivity index (χ2n) is 7.00. The van der Waals surface area contributed by atoms with E-state index in [2.05, 4.69) is 6.92 Å². The lowest BCUT2D eigenvalue weighted by atomic mass is 10.00. The van der Waals surface area contributed by atoms with Crippen molar-refractivity contribution in [1.82, 2.24) is 4.90 Å². The van der Waals surface area contributed by atoms with E-state index in [9.17, 15) is 14.4 Å². The smallest absolute Gasteiger partial charge is 0.344 e.